The van der Waals surface area contributed by atoms with E-state index in [-0.39, 0.29) is 17.2 Å². The van der Waals surface area contributed by atoms with Crippen molar-refractivity contribution in [2.45, 2.75) is 31.6 Å². The van der Waals surface area contributed by atoms with E-state index in [1.54, 1.807) is 12.1 Å². The summed E-state index contributed by atoms with van der Waals surface area (Å²) in [6, 6.07) is 6.90. The maximum Gasteiger partial charge on any atom is 0.269 e. The quantitative estimate of drug-likeness (QED) is 0.630. The van der Waals surface area contributed by atoms with Crippen LogP contribution in [0.5, 0.6) is 0 Å². The van der Waals surface area contributed by atoms with Crippen LogP contribution in [0.4, 0.5) is 5.69 Å². The fourth-order valence-electron chi connectivity index (χ4n) is 2.55. The van der Waals surface area contributed by atoms with Gasteiger partial charge < -0.3 is 5.11 Å². The summed E-state index contributed by atoms with van der Waals surface area (Å²) in [5.74, 6) is 1.17. The number of hydrogen-bond acceptors (Lipinski definition) is 3. The molecule has 1 N–H and O–H groups in total. The SMILES string of the molecule is O=[N+]([O-])c1ccc(C2CCC2CCCO)cc1. The van der Waals surface area contributed by atoms with Gasteiger partial charge in [0.25, 0.3) is 5.69 Å². The van der Waals surface area contributed by atoms with Gasteiger partial charge in [0.2, 0.25) is 0 Å². The van der Waals surface area contributed by atoms with Crippen LogP contribution in [0.1, 0.15) is 37.2 Å². The number of nitro groups is 1. The summed E-state index contributed by atoms with van der Waals surface area (Å²) in [5, 5.41) is 19.4. The van der Waals surface area contributed by atoms with Gasteiger partial charge in [0.05, 0.1) is 4.92 Å². The van der Waals surface area contributed by atoms with Crippen molar-refractivity contribution in [2.24, 2.45) is 5.92 Å². The maximum atomic E-state index is 10.5. The van der Waals surface area contributed by atoms with E-state index in [9.17, 15) is 10.1 Å². The van der Waals surface area contributed by atoms with Crippen molar-refractivity contribution in [1.82, 2.24) is 0 Å². The van der Waals surface area contributed by atoms with Crippen molar-refractivity contribution in [1.29, 1.82) is 0 Å². The standard InChI is InChI=1S/C13H17NO3/c15-9-1-2-10-5-8-13(10)11-3-6-12(7-4-11)14(16)17/h3-4,6-7,10,13,15H,1-2,5,8-9H2. The minimum atomic E-state index is -0.367. The van der Waals surface area contributed by atoms with Crippen molar-refractivity contribution in [3.8, 4) is 0 Å². The molecule has 1 aromatic rings. The molecule has 1 aliphatic rings. The molecule has 0 aromatic heterocycles. The second kappa shape index (κ2) is 5.27. The number of aliphatic hydroxyl groups is 1. The van der Waals surface area contributed by atoms with Gasteiger partial charge in [-0.3, -0.25) is 10.1 Å². The van der Waals surface area contributed by atoms with E-state index in [0.29, 0.717) is 11.8 Å². The summed E-state index contributed by atoms with van der Waals surface area (Å²) >= 11 is 0. The van der Waals surface area contributed by atoms with Crippen molar-refractivity contribution in [3.63, 3.8) is 0 Å². The van der Waals surface area contributed by atoms with Gasteiger partial charge >= 0.3 is 0 Å². The number of benzene rings is 1. The Balaban J connectivity index is 2.00. The molecule has 1 saturated carbocycles. The minimum Gasteiger partial charge on any atom is -0.396 e. The van der Waals surface area contributed by atoms with E-state index in [1.807, 2.05) is 12.1 Å². The smallest absolute Gasteiger partial charge is 0.269 e. The Kier molecular flexibility index (Phi) is 3.74. The van der Waals surface area contributed by atoms with Crippen LogP contribution in [0.3, 0.4) is 0 Å². The van der Waals surface area contributed by atoms with Crippen molar-refractivity contribution < 1.29 is 10.0 Å². The molecule has 0 bridgehead atoms. The molecule has 4 nitrogen and oxygen atoms in total. The Hall–Kier alpha value is -1.42. The molecule has 17 heavy (non-hydrogen) atoms. The third-order valence-corrected chi connectivity index (χ3v) is 3.68. The van der Waals surface area contributed by atoms with Crippen LogP contribution in [0.25, 0.3) is 0 Å². The molecule has 4 heteroatoms. The van der Waals surface area contributed by atoms with Gasteiger partial charge in [-0.25, -0.2) is 0 Å². The Bertz CT molecular complexity index is 388. The normalized spacial score (nSPS) is 23.1. The van der Waals surface area contributed by atoms with Gasteiger partial charge in [-0.15, -0.1) is 0 Å². The Labute approximate surface area is 100 Å². The molecule has 0 saturated heterocycles. The number of non-ortho nitro benzene ring substituents is 1. The molecule has 0 heterocycles. The van der Waals surface area contributed by atoms with Gasteiger partial charge in [0.15, 0.2) is 0 Å². The molecule has 0 spiro atoms. The van der Waals surface area contributed by atoms with Crippen molar-refractivity contribution in [2.75, 3.05) is 6.61 Å². The maximum absolute atomic E-state index is 10.5. The summed E-state index contributed by atoms with van der Waals surface area (Å²) in [7, 11) is 0. The van der Waals surface area contributed by atoms with Crippen molar-refractivity contribution in [3.05, 3.63) is 39.9 Å². The van der Waals surface area contributed by atoms with E-state index in [1.165, 1.54) is 12.0 Å². The van der Waals surface area contributed by atoms with Crippen LogP contribution in [0, 0.1) is 16.0 Å². The van der Waals surface area contributed by atoms with Gasteiger partial charge in [0, 0.05) is 18.7 Å². The fourth-order valence-corrected chi connectivity index (χ4v) is 2.55. The first-order valence-electron chi connectivity index (χ1n) is 6.07. The average Bonchev–Trinajstić information content (AvgIpc) is 2.29. The highest BCUT2D eigenvalue weighted by atomic mass is 16.6. The highest BCUT2D eigenvalue weighted by molar-refractivity contribution is 5.35. The molecule has 0 radical (unpaired) electrons. The number of hydrogen-bond donors (Lipinski definition) is 1. The number of rotatable bonds is 5. The van der Waals surface area contributed by atoms with Crippen LogP contribution in [0.2, 0.25) is 0 Å². The van der Waals surface area contributed by atoms with Crippen LogP contribution in [-0.4, -0.2) is 16.6 Å². The molecule has 92 valence electrons. The molecular formula is C13H17NO3. The molecule has 0 aliphatic heterocycles. The largest absolute Gasteiger partial charge is 0.396 e. The predicted octanol–water partition coefficient (Wildman–Crippen LogP) is 2.86. The van der Waals surface area contributed by atoms with Crippen LogP contribution in [-0.2, 0) is 0 Å². The third-order valence-electron chi connectivity index (χ3n) is 3.68. The highest BCUT2D eigenvalue weighted by Gasteiger charge is 2.31. The summed E-state index contributed by atoms with van der Waals surface area (Å²) in [6.45, 7) is 0.253. The molecular weight excluding hydrogens is 218 g/mol. The second-order valence-electron chi connectivity index (χ2n) is 4.66. The van der Waals surface area contributed by atoms with Crippen LogP contribution >= 0.6 is 0 Å². The van der Waals surface area contributed by atoms with E-state index in [0.717, 1.165) is 19.3 Å². The topological polar surface area (TPSA) is 63.4 Å². The van der Waals surface area contributed by atoms with Crippen molar-refractivity contribution >= 4 is 5.69 Å². The lowest BCUT2D eigenvalue weighted by Gasteiger charge is -2.37. The van der Waals surface area contributed by atoms with Gasteiger partial charge in [-0.2, -0.15) is 0 Å². The summed E-state index contributed by atoms with van der Waals surface area (Å²) in [5.41, 5.74) is 1.35. The third kappa shape index (κ3) is 2.64. The monoisotopic (exact) mass is 235 g/mol. The number of nitro benzene ring substituents is 1. The Morgan fingerprint density at radius 1 is 1.29 bits per heavy atom. The first-order valence-corrected chi connectivity index (χ1v) is 6.07. The van der Waals surface area contributed by atoms with Crippen LogP contribution in [0.15, 0.2) is 24.3 Å². The van der Waals surface area contributed by atoms with E-state index in [2.05, 4.69) is 0 Å². The lowest BCUT2D eigenvalue weighted by molar-refractivity contribution is -0.384. The van der Waals surface area contributed by atoms with Gasteiger partial charge in [-0.05, 0) is 43.1 Å². The first-order chi connectivity index (χ1) is 8.22. The van der Waals surface area contributed by atoms with E-state index in [4.69, 9.17) is 5.11 Å². The molecule has 0 amide bonds. The predicted molar refractivity (Wildman–Crippen MR) is 64.9 cm³/mol. The Morgan fingerprint density at radius 3 is 2.47 bits per heavy atom. The Morgan fingerprint density at radius 2 is 2.00 bits per heavy atom. The average molecular weight is 235 g/mol. The summed E-state index contributed by atoms with van der Waals surface area (Å²) in [4.78, 5) is 10.2. The molecule has 2 unspecified atom stereocenters. The zero-order valence-corrected chi connectivity index (χ0v) is 9.71. The molecule has 1 aliphatic carbocycles. The second-order valence-corrected chi connectivity index (χ2v) is 4.66. The first kappa shape index (κ1) is 12.0. The summed E-state index contributed by atoms with van der Waals surface area (Å²) in [6.07, 6.45) is 4.28. The molecule has 2 rings (SSSR count). The minimum absolute atomic E-state index is 0.153. The zero-order chi connectivity index (χ0) is 12.3. The molecule has 1 aromatic carbocycles. The molecule has 2 atom stereocenters. The zero-order valence-electron chi connectivity index (χ0n) is 9.71. The fraction of sp³-hybridized carbons (Fsp3) is 0.538. The molecule has 1 fully saturated rings. The van der Waals surface area contributed by atoms with Gasteiger partial charge in [0.1, 0.15) is 0 Å². The highest BCUT2D eigenvalue weighted by Crippen LogP contribution is 2.45. The van der Waals surface area contributed by atoms with E-state index < -0.39 is 0 Å². The lowest BCUT2D eigenvalue weighted by atomic mass is 9.68. The van der Waals surface area contributed by atoms with Crippen LogP contribution < -0.4 is 0 Å². The van der Waals surface area contributed by atoms with Gasteiger partial charge in [-0.1, -0.05) is 12.1 Å². The van der Waals surface area contributed by atoms with E-state index >= 15 is 0 Å². The number of aliphatic hydroxyl groups excluding tert-OH is 1. The number of nitrogens with zero attached hydrogens (tertiary/aromatic N) is 1. The lowest BCUT2D eigenvalue weighted by Crippen LogP contribution is -2.24. The summed E-state index contributed by atoms with van der Waals surface area (Å²) < 4.78 is 0.